The van der Waals surface area contributed by atoms with Crippen LogP contribution in [0.5, 0.6) is 0 Å². The number of nitrogens with zero attached hydrogens (tertiary/aromatic N) is 2. The number of carboxylic acid groups (broad SMARTS) is 1. The Morgan fingerprint density at radius 2 is 1.82 bits per heavy atom. The molecule has 1 aliphatic carbocycles. The first kappa shape index (κ1) is 25.1. The maximum Gasteiger partial charge on any atom is 0.303 e. The Bertz CT molecular complexity index is 1410. The molecule has 38 heavy (non-hydrogen) atoms. The Morgan fingerprint density at radius 1 is 1.00 bits per heavy atom. The molecule has 2 atom stereocenters. The third-order valence-corrected chi connectivity index (χ3v) is 6.68. The van der Waals surface area contributed by atoms with E-state index in [1.807, 2.05) is 60.8 Å². The van der Waals surface area contributed by atoms with Crippen LogP contribution in [0.1, 0.15) is 65.2 Å². The number of carboxylic acids is 1. The summed E-state index contributed by atoms with van der Waals surface area (Å²) in [6.45, 7) is 0. The van der Waals surface area contributed by atoms with Crippen LogP contribution in [0.15, 0.2) is 95.9 Å². The highest BCUT2D eigenvalue weighted by Crippen LogP contribution is 2.40. The van der Waals surface area contributed by atoms with Crippen molar-refractivity contribution in [3.05, 3.63) is 114 Å². The van der Waals surface area contributed by atoms with Gasteiger partial charge in [-0.2, -0.15) is 0 Å². The van der Waals surface area contributed by atoms with Crippen molar-refractivity contribution in [2.24, 2.45) is 0 Å². The molecule has 2 N–H and O–H groups in total. The average molecular weight is 508 g/mol. The summed E-state index contributed by atoms with van der Waals surface area (Å²) in [6, 6.07) is 22.0. The molecule has 4 aromatic rings. The Balaban J connectivity index is 1.25. The quantitative estimate of drug-likeness (QED) is 0.238. The molecule has 0 unspecified atom stereocenters. The van der Waals surface area contributed by atoms with Gasteiger partial charge < -0.3 is 14.8 Å². The molecular weight excluding hydrogens is 478 g/mol. The van der Waals surface area contributed by atoms with Crippen molar-refractivity contribution in [1.29, 1.82) is 0 Å². The van der Waals surface area contributed by atoms with Crippen molar-refractivity contribution in [2.45, 2.75) is 44.1 Å². The number of hydrogen-bond donors (Lipinski definition) is 2. The number of nitrogens with one attached hydrogen (secondary N) is 1. The molecule has 0 bridgehead atoms. The maximum absolute atomic E-state index is 12.7. The minimum Gasteiger partial charge on any atom is -0.481 e. The third kappa shape index (κ3) is 6.24. The number of benzene rings is 2. The van der Waals surface area contributed by atoms with Gasteiger partial charge in [0.2, 0.25) is 5.89 Å². The predicted molar refractivity (Wildman–Crippen MR) is 144 cm³/mol. The first-order chi connectivity index (χ1) is 18.6. The largest absolute Gasteiger partial charge is 0.481 e. The number of amides is 1. The Labute approximate surface area is 221 Å². The van der Waals surface area contributed by atoms with E-state index < -0.39 is 5.97 Å². The molecule has 2 heterocycles. The monoisotopic (exact) mass is 507 g/mol. The minimum atomic E-state index is -0.770. The molecular formula is C31H29N3O4. The van der Waals surface area contributed by atoms with E-state index in [2.05, 4.69) is 33.5 Å². The number of aromatic nitrogens is 2. The van der Waals surface area contributed by atoms with Gasteiger partial charge >= 0.3 is 5.97 Å². The number of unbranched alkanes of at least 4 members (excludes halogenated alkanes) is 2. The third-order valence-electron chi connectivity index (χ3n) is 6.68. The lowest BCUT2D eigenvalue weighted by atomic mass is 9.96. The summed E-state index contributed by atoms with van der Waals surface area (Å²) in [6.07, 6.45) is 10.4. The highest BCUT2D eigenvalue weighted by atomic mass is 16.4. The van der Waals surface area contributed by atoms with Gasteiger partial charge in [0.25, 0.3) is 5.91 Å². The summed E-state index contributed by atoms with van der Waals surface area (Å²) in [5.74, 6) is -0.270. The number of pyridine rings is 1. The number of aliphatic carboxylic acids is 1. The van der Waals surface area contributed by atoms with Crippen LogP contribution in [0.4, 0.5) is 0 Å². The van der Waals surface area contributed by atoms with E-state index in [0.29, 0.717) is 18.2 Å². The fourth-order valence-corrected chi connectivity index (χ4v) is 4.56. The van der Waals surface area contributed by atoms with Crippen molar-refractivity contribution in [3.63, 3.8) is 0 Å². The Hall–Kier alpha value is -4.52. The highest BCUT2D eigenvalue weighted by Gasteiger charge is 2.39. The second-order valence-corrected chi connectivity index (χ2v) is 9.45. The number of hydrogen-bond acceptors (Lipinski definition) is 5. The van der Waals surface area contributed by atoms with Crippen LogP contribution in [-0.4, -0.2) is 33.0 Å². The molecule has 0 radical (unpaired) electrons. The number of allylic oxidation sites excluding steroid dienone is 1. The zero-order valence-corrected chi connectivity index (χ0v) is 20.9. The van der Waals surface area contributed by atoms with Crippen molar-refractivity contribution < 1.29 is 19.1 Å². The van der Waals surface area contributed by atoms with E-state index in [1.165, 1.54) is 11.8 Å². The summed E-state index contributed by atoms with van der Waals surface area (Å²) in [4.78, 5) is 32.2. The molecule has 0 saturated heterocycles. The van der Waals surface area contributed by atoms with Crippen LogP contribution in [0, 0.1) is 0 Å². The van der Waals surface area contributed by atoms with Crippen LogP contribution < -0.4 is 5.32 Å². The standard InChI is InChI=1S/C31H29N3O4/c35-29(36)12-6-2-5-11-25(24-10-7-17-32-19-24)22-13-15-23(16-14-22)31-34-28(20-38-31)30(37)33-27-18-26(27)21-8-3-1-4-9-21/h1,3-4,7-11,13-17,19-20,26-27H,2,5-6,12,18H2,(H,33,37)(H,35,36)/b25-11+/t26-,27+/m1/s1. The first-order valence-electron chi connectivity index (χ1n) is 12.8. The average Bonchev–Trinajstić information content (AvgIpc) is 3.53. The van der Waals surface area contributed by atoms with Gasteiger partial charge in [0.15, 0.2) is 5.69 Å². The molecule has 5 rings (SSSR count). The molecule has 0 aliphatic heterocycles. The van der Waals surface area contributed by atoms with Crippen molar-refractivity contribution in [3.8, 4) is 11.5 Å². The second kappa shape index (κ2) is 11.7. The van der Waals surface area contributed by atoms with Crippen LogP contribution in [0.25, 0.3) is 17.0 Å². The van der Waals surface area contributed by atoms with Crippen LogP contribution in [-0.2, 0) is 4.79 Å². The number of oxazole rings is 1. The number of rotatable bonds is 11. The fourth-order valence-electron chi connectivity index (χ4n) is 4.56. The molecule has 1 amide bonds. The molecule has 1 aliphatic rings. The zero-order chi connectivity index (χ0) is 26.3. The lowest BCUT2D eigenvalue weighted by Crippen LogP contribution is -2.26. The maximum atomic E-state index is 12.7. The molecule has 7 heteroatoms. The van der Waals surface area contributed by atoms with Gasteiger partial charge in [-0.3, -0.25) is 14.6 Å². The topological polar surface area (TPSA) is 105 Å². The van der Waals surface area contributed by atoms with Gasteiger partial charge in [-0.15, -0.1) is 0 Å². The smallest absolute Gasteiger partial charge is 0.303 e. The van der Waals surface area contributed by atoms with Gasteiger partial charge in [0.1, 0.15) is 6.26 Å². The van der Waals surface area contributed by atoms with Gasteiger partial charge in [0.05, 0.1) is 0 Å². The first-order valence-corrected chi connectivity index (χ1v) is 12.8. The zero-order valence-electron chi connectivity index (χ0n) is 20.9. The summed E-state index contributed by atoms with van der Waals surface area (Å²) in [5.41, 5.74) is 5.30. The van der Waals surface area contributed by atoms with E-state index in [0.717, 1.165) is 41.5 Å². The summed E-state index contributed by atoms with van der Waals surface area (Å²) < 4.78 is 5.64. The highest BCUT2D eigenvalue weighted by molar-refractivity contribution is 5.93. The lowest BCUT2D eigenvalue weighted by Gasteiger charge is -2.09. The SMILES string of the molecule is O=C(O)CCCC/C=C(\c1ccc(-c2nc(C(=O)N[C@H]3C[C@@H]3c3ccccc3)co2)cc1)c1cccnc1. The van der Waals surface area contributed by atoms with Crippen LogP contribution in [0.2, 0.25) is 0 Å². The van der Waals surface area contributed by atoms with Gasteiger partial charge in [-0.1, -0.05) is 54.6 Å². The molecule has 7 nitrogen and oxygen atoms in total. The summed E-state index contributed by atoms with van der Waals surface area (Å²) in [5, 5.41) is 11.9. The van der Waals surface area contributed by atoms with Crippen LogP contribution >= 0.6 is 0 Å². The van der Waals surface area contributed by atoms with E-state index in [1.54, 1.807) is 6.20 Å². The van der Waals surface area contributed by atoms with Gasteiger partial charge in [0, 0.05) is 41.9 Å². The Kier molecular flexibility index (Phi) is 7.73. The number of carbonyl (C=O) groups excluding carboxylic acids is 1. The number of carbonyl (C=O) groups is 2. The second-order valence-electron chi connectivity index (χ2n) is 9.45. The summed E-state index contributed by atoms with van der Waals surface area (Å²) >= 11 is 0. The molecule has 2 aromatic heterocycles. The lowest BCUT2D eigenvalue weighted by molar-refractivity contribution is -0.137. The van der Waals surface area contributed by atoms with Crippen LogP contribution in [0.3, 0.4) is 0 Å². The fraction of sp³-hybridized carbons (Fsp3) is 0.226. The summed E-state index contributed by atoms with van der Waals surface area (Å²) in [7, 11) is 0. The van der Waals surface area contributed by atoms with Gasteiger partial charge in [-0.05, 0) is 60.6 Å². The molecule has 1 saturated carbocycles. The molecule has 0 spiro atoms. The van der Waals surface area contributed by atoms with Crippen molar-refractivity contribution in [2.75, 3.05) is 0 Å². The predicted octanol–water partition coefficient (Wildman–Crippen LogP) is 6.10. The van der Waals surface area contributed by atoms with Gasteiger partial charge in [-0.25, -0.2) is 4.98 Å². The van der Waals surface area contributed by atoms with E-state index in [9.17, 15) is 9.59 Å². The van der Waals surface area contributed by atoms with Crippen molar-refractivity contribution >= 4 is 17.4 Å². The molecule has 192 valence electrons. The van der Waals surface area contributed by atoms with E-state index in [4.69, 9.17) is 9.52 Å². The minimum absolute atomic E-state index is 0.117. The van der Waals surface area contributed by atoms with Crippen molar-refractivity contribution in [1.82, 2.24) is 15.3 Å². The molecule has 2 aromatic carbocycles. The van der Waals surface area contributed by atoms with E-state index in [-0.39, 0.29) is 24.1 Å². The Morgan fingerprint density at radius 3 is 2.55 bits per heavy atom. The van der Waals surface area contributed by atoms with E-state index >= 15 is 0 Å². The molecule has 1 fully saturated rings. The normalized spacial score (nSPS) is 16.7.